The highest BCUT2D eigenvalue weighted by molar-refractivity contribution is 9.10. The molecule has 0 saturated carbocycles. The lowest BCUT2D eigenvalue weighted by Gasteiger charge is -2.06. The standard InChI is InChI=1S/C16H13BrN4O7/c1-9-2-3-14(13(4-9)21(26)27)28-8-15(22)19-18-7-10-5-11(20(24)25)6-12(17)16(10)23/h2-7,23H,8H2,1H3,(H,19,22)/b18-7+. The molecule has 0 aliphatic heterocycles. The van der Waals surface area contributed by atoms with E-state index in [4.69, 9.17) is 4.74 Å². The van der Waals surface area contributed by atoms with Crippen LogP contribution >= 0.6 is 15.9 Å². The fourth-order valence-corrected chi connectivity index (χ4v) is 2.51. The first-order chi connectivity index (χ1) is 13.2. The Kier molecular flexibility index (Phi) is 6.60. The molecule has 28 heavy (non-hydrogen) atoms. The number of nitrogens with one attached hydrogen (secondary N) is 1. The van der Waals surface area contributed by atoms with Gasteiger partial charge in [-0.15, -0.1) is 0 Å². The van der Waals surface area contributed by atoms with Crippen LogP contribution in [0.2, 0.25) is 0 Å². The van der Waals surface area contributed by atoms with Crippen LogP contribution in [0.5, 0.6) is 11.5 Å². The van der Waals surface area contributed by atoms with Crippen LogP contribution in [0.3, 0.4) is 0 Å². The third-order valence-electron chi connectivity index (χ3n) is 3.35. The van der Waals surface area contributed by atoms with Gasteiger partial charge in [-0.2, -0.15) is 5.10 Å². The minimum absolute atomic E-state index is 0.00327. The molecule has 2 aromatic carbocycles. The number of nitrogens with zero attached hydrogens (tertiary/aromatic N) is 3. The number of hydrazone groups is 1. The summed E-state index contributed by atoms with van der Waals surface area (Å²) in [5.41, 5.74) is 2.20. The predicted octanol–water partition coefficient (Wildman–Crippen LogP) is 2.81. The molecule has 1 amide bonds. The van der Waals surface area contributed by atoms with E-state index in [0.29, 0.717) is 5.56 Å². The number of carbonyl (C=O) groups excluding carboxylic acids is 1. The van der Waals surface area contributed by atoms with Gasteiger partial charge in [-0.05, 0) is 34.5 Å². The molecule has 146 valence electrons. The lowest BCUT2D eigenvalue weighted by atomic mass is 10.2. The number of phenolic OH excluding ortho intramolecular Hbond substituents is 1. The van der Waals surface area contributed by atoms with Gasteiger partial charge in [-0.3, -0.25) is 25.0 Å². The maximum atomic E-state index is 11.8. The molecule has 0 fully saturated rings. The maximum Gasteiger partial charge on any atom is 0.311 e. The summed E-state index contributed by atoms with van der Waals surface area (Å²) in [6, 6.07) is 6.48. The van der Waals surface area contributed by atoms with Gasteiger partial charge in [0.05, 0.1) is 20.5 Å². The predicted molar refractivity (Wildman–Crippen MR) is 102 cm³/mol. The van der Waals surface area contributed by atoms with Crippen molar-refractivity contribution in [2.45, 2.75) is 6.92 Å². The van der Waals surface area contributed by atoms with Crippen molar-refractivity contribution in [3.63, 3.8) is 0 Å². The average molecular weight is 453 g/mol. The van der Waals surface area contributed by atoms with Crippen LogP contribution in [0.15, 0.2) is 39.9 Å². The molecule has 2 N–H and O–H groups in total. The second-order valence-electron chi connectivity index (χ2n) is 5.43. The SMILES string of the molecule is Cc1ccc(OCC(=O)N/N=C/c2cc([N+](=O)[O-])cc(Br)c2O)c([N+](=O)[O-])c1. The molecule has 0 aliphatic rings. The first-order valence-electron chi connectivity index (χ1n) is 7.55. The van der Waals surface area contributed by atoms with Gasteiger partial charge >= 0.3 is 5.69 Å². The summed E-state index contributed by atoms with van der Waals surface area (Å²) in [6.45, 7) is 1.13. The Morgan fingerprint density at radius 2 is 2.00 bits per heavy atom. The highest BCUT2D eigenvalue weighted by Crippen LogP contribution is 2.31. The van der Waals surface area contributed by atoms with Crippen molar-refractivity contribution in [1.82, 2.24) is 5.43 Å². The highest BCUT2D eigenvalue weighted by Gasteiger charge is 2.16. The minimum atomic E-state index is -0.727. The van der Waals surface area contributed by atoms with Crippen molar-refractivity contribution in [3.8, 4) is 11.5 Å². The second kappa shape index (κ2) is 8.90. The number of amides is 1. The number of halogens is 1. The van der Waals surface area contributed by atoms with Crippen molar-refractivity contribution in [3.05, 3.63) is 66.2 Å². The largest absolute Gasteiger partial charge is 0.506 e. The van der Waals surface area contributed by atoms with Crippen LogP contribution in [0.25, 0.3) is 0 Å². The number of phenols is 1. The molecule has 0 radical (unpaired) electrons. The van der Waals surface area contributed by atoms with Gasteiger partial charge < -0.3 is 9.84 Å². The fraction of sp³-hybridized carbons (Fsp3) is 0.125. The Bertz CT molecular complexity index is 978. The monoisotopic (exact) mass is 452 g/mol. The zero-order valence-electron chi connectivity index (χ0n) is 14.3. The summed E-state index contributed by atoms with van der Waals surface area (Å²) >= 11 is 2.98. The summed E-state index contributed by atoms with van der Waals surface area (Å²) < 4.78 is 5.23. The van der Waals surface area contributed by atoms with E-state index in [1.54, 1.807) is 13.0 Å². The number of non-ortho nitro benzene ring substituents is 1. The number of rotatable bonds is 7. The molecule has 0 bridgehead atoms. The van der Waals surface area contributed by atoms with Gasteiger partial charge in [0, 0.05) is 23.8 Å². The van der Waals surface area contributed by atoms with E-state index >= 15 is 0 Å². The zero-order valence-corrected chi connectivity index (χ0v) is 15.9. The molecular weight excluding hydrogens is 440 g/mol. The van der Waals surface area contributed by atoms with E-state index in [1.807, 2.05) is 0 Å². The smallest absolute Gasteiger partial charge is 0.311 e. The summed E-state index contributed by atoms with van der Waals surface area (Å²) in [5.74, 6) is -1.10. The first kappa shape index (κ1) is 20.8. The molecule has 0 aliphatic carbocycles. The van der Waals surface area contributed by atoms with Crippen molar-refractivity contribution in [2.75, 3.05) is 6.61 Å². The zero-order chi connectivity index (χ0) is 20.8. The van der Waals surface area contributed by atoms with Gasteiger partial charge in [0.15, 0.2) is 12.4 Å². The van der Waals surface area contributed by atoms with Crippen LogP contribution in [-0.4, -0.2) is 33.7 Å². The maximum absolute atomic E-state index is 11.8. The van der Waals surface area contributed by atoms with Gasteiger partial charge in [-0.25, -0.2) is 5.43 Å². The minimum Gasteiger partial charge on any atom is -0.506 e. The van der Waals surface area contributed by atoms with Crippen molar-refractivity contribution >= 4 is 39.4 Å². The summed E-state index contributed by atoms with van der Waals surface area (Å²) in [4.78, 5) is 32.4. The lowest BCUT2D eigenvalue weighted by molar-refractivity contribution is -0.385. The number of carbonyl (C=O) groups is 1. The number of aryl methyl sites for hydroxylation is 1. The number of hydrogen-bond acceptors (Lipinski definition) is 8. The van der Waals surface area contributed by atoms with Crippen LogP contribution < -0.4 is 10.2 Å². The van der Waals surface area contributed by atoms with E-state index in [-0.39, 0.29) is 32.9 Å². The van der Waals surface area contributed by atoms with Crippen molar-refractivity contribution in [2.24, 2.45) is 5.10 Å². The van der Waals surface area contributed by atoms with Crippen LogP contribution in [0.1, 0.15) is 11.1 Å². The molecule has 0 saturated heterocycles. The Hall–Kier alpha value is -3.54. The van der Waals surface area contributed by atoms with Gasteiger partial charge in [0.2, 0.25) is 0 Å². The fourth-order valence-electron chi connectivity index (χ4n) is 2.05. The summed E-state index contributed by atoms with van der Waals surface area (Å²) in [7, 11) is 0. The summed E-state index contributed by atoms with van der Waals surface area (Å²) in [6.07, 6.45) is 1.01. The van der Waals surface area contributed by atoms with E-state index in [0.717, 1.165) is 18.3 Å². The van der Waals surface area contributed by atoms with Crippen LogP contribution in [-0.2, 0) is 4.79 Å². The Morgan fingerprint density at radius 1 is 1.29 bits per heavy atom. The molecule has 0 aromatic heterocycles. The van der Waals surface area contributed by atoms with Gasteiger partial charge in [0.25, 0.3) is 11.6 Å². The molecule has 11 nitrogen and oxygen atoms in total. The van der Waals surface area contributed by atoms with Gasteiger partial charge in [-0.1, -0.05) is 6.07 Å². The van der Waals surface area contributed by atoms with E-state index in [1.165, 1.54) is 12.1 Å². The molecule has 0 atom stereocenters. The molecule has 2 aromatic rings. The molecule has 2 rings (SSSR count). The lowest BCUT2D eigenvalue weighted by Crippen LogP contribution is -2.24. The third kappa shape index (κ3) is 5.23. The molecule has 0 unspecified atom stereocenters. The highest BCUT2D eigenvalue weighted by atomic mass is 79.9. The van der Waals surface area contributed by atoms with Gasteiger partial charge in [0.1, 0.15) is 5.75 Å². The first-order valence-corrected chi connectivity index (χ1v) is 8.35. The molecule has 0 spiro atoms. The quantitative estimate of drug-likeness (QED) is 0.371. The van der Waals surface area contributed by atoms with Crippen LogP contribution in [0, 0.1) is 27.2 Å². The summed E-state index contributed by atoms with van der Waals surface area (Å²) in [5, 5.41) is 35.3. The second-order valence-corrected chi connectivity index (χ2v) is 6.29. The Labute approximate surface area is 166 Å². The number of benzene rings is 2. The number of nitro groups is 2. The van der Waals surface area contributed by atoms with E-state index < -0.39 is 22.4 Å². The number of ether oxygens (including phenoxy) is 1. The van der Waals surface area contributed by atoms with Crippen molar-refractivity contribution < 1.29 is 24.5 Å². The average Bonchev–Trinajstić information content (AvgIpc) is 2.63. The number of aromatic hydroxyl groups is 1. The topological polar surface area (TPSA) is 157 Å². The van der Waals surface area contributed by atoms with Crippen molar-refractivity contribution in [1.29, 1.82) is 0 Å². The third-order valence-corrected chi connectivity index (χ3v) is 3.96. The Morgan fingerprint density at radius 3 is 2.64 bits per heavy atom. The van der Waals surface area contributed by atoms with Crippen LogP contribution in [0.4, 0.5) is 11.4 Å². The Balaban J connectivity index is 2.02. The normalized spacial score (nSPS) is 10.6. The number of hydrogen-bond donors (Lipinski definition) is 2. The number of nitro benzene ring substituents is 2. The molecule has 0 heterocycles. The van der Waals surface area contributed by atoms with E-state index in [2.05, 4.69) is 26.5 Å². The van der Waals surface area contributed by atoms with E-state index in [9.17, 15) is 30.1 Å². The molecular formula is C16H13BrN4O7. The molecule has 12 heteroatoms.